The highest BCUT2D eigenvalue weighted by atomic mass is 35.5. The van der Waals surface area contributed by atoms with Gasteiger partial charge >= 0.3 is 0 Å². The molecule has 0 fully saturated rings. The van der Waals surface area contributed by atoms with E-state index in [0.717, 1.165) is 11.0 Å². The summed E-state index contributed by atoms with van der Waals surface area (Å²) in [7, 11) is 0. The fourth-order valence-electron chi connectivity index (χ4n) is 1.81. The Kier molecular flexibility index (Phi) is 5.40. The van der Waals surface area contributed by atoms with E-state index in [4.69, 9.17) is 17.3 Å². The highest BCUT2D eigenvalue weighted by Crippen LogP contribution is 2.27. The van der Waals surface area contributed by atoms with E-state index < -0.39 is 11.6 Å². The Balaban J connectivity index is 1.94. The molecular formula is C15H14ClF2NS. The van der Waals surface area contributed by atoms with Crippen LogP contribution in [0.2, 0.25) is 5.02 Å². The van der Waals surface area contributed by atoms with Gasteiger partial charge in [-0.3, -0.25) is 0 Å². The maximum atomic E-state index is 13.5. The summed E-state index contributed by atoms with van der Waals surface area (Å²) >= 11 is 7.55. The average Bonchev–Trinajstić information content (AvgIpc) is 2.43. The maximum Gasteiger partial charge on any atom is 0.162 e. The third kappa shape index (κ3) is 3.95. The minimum absolute atomic E-state index is 0.271. The van der Waals surface area contributed by atoms with Gasteiger partial charge in [-0.05, 0) is 30.2 Å². The van der Waals surface area contributed by atoms with Crippen molar-refractivity contribution in [3.63, 3.8) is 0 Å². The van der Waals surface area contributed by atoms with E-state index >= 15 is 0 Å². The molecule has 0 aromatic heterocycles. The van der Waals surface area contributed by atoms with Crippen LogP contribution in [0.25, 0.3) is 0 Å². The first kappa shape index (κ1) is 15.3. The van der Waals surface area contributed by atoms with Crippen molar-refractivity contribution in [2.45, 2.75) is 17.4 Å². The molecule has 0 saturated heterocycles. The van der Waals surface area contributed by atoms with Crippen molar-refractivity contribution in [3.8, 4) is 0 Å². The Bertz CT molecular complexity index is 592. The van der Waals surface area contributed by atoms with Crippen LogP contribution >= 0.6 is 23.4 Å². The standard InChI is InChI=1S/C15H14ClF2NS/c16-12-5-1-2-7-14(12)20-9-11(19)8-10-4-3-6-13(17)15(10)18/h1-7,11H,8-9,19H2. The summed E-state index contributed by atoms with van der Waals surface area (Å²) < 4.78 is 26.6. The second kappa shape index (κ2) is 7.07. The minimum Gasteiger partial charge on any atom is -0.327 e. The van der Waals surface area contributed by atoms with Crippen LogP contribution in [0.4, 0.5) is 8.78 Å². The first-order valence-corrected chi connectivity index (χ1v) is 7.50. The molecule has 1 atom stereocenters. The van der Waals surface area contributed by atoms with E-state index in [9.17, 15) is 8.78 Å². The quantitative estimate of drug-likeness (QED) is 0.834. The van der Waals surface area contributed by atoms with E-state index in [1.165, 1.54) is 17.8 Å². The Labute approximate surface area is 126 Å². The van der Waals surface area contributed by atoms with Gasteiger partial charge in [0.05, 0.1) is 5.02 Å². The molecule has 106 valence electrons. The monoisotopic (exact) mass is 313 g/mol. The summed E-state index contributed by atoms with van der Waals surface area (Å²) in [5, 5.41) is 0.668. The molecule has 1 unspecified atom stereocenters. The fourth-order valence-corrected chi connectivity index (χ4v) is 3.00. The van der Waals surface area contributed by atoms with Crippen LogP contribution in [-0.2, 0) is 6.42 Å². The van der Waals surface area contributed by atoms with Gasteiger partial charge in [0.2, 0.25) is 0 Å². The number of benzene rings is 2. The van der Waals surface area contributed by atoms with Gasteiger partial charge in [0.15, 0.2) is 11.6 Å². The molecule has 2 aromatic rings. The van der Waals surface area contributed by atoms with Gasteiger partial charge in [-0.2, -0.15) is 0 Å². The van der Waals surface area contributed by atoms with Gasteiger partial charge in [-0.15, -0.1) is 11.8 Å². The van der Waals surface area contributed by atoms with Crippen molar-refractivity contribution in [3.05, 3.63) is 64.7 Å². The highest BCUT2D eigenvalue weighted by Gasteiger charge is 2.12. The number of nitrogens with two attached hydrogens (primary N) is 1. The van der Waals surface area contributed by atoms with Crippen molar-refractivity contribution in [1.29, 1.82) is 0 Å². The van der Waals surface area contributed by atoms with Gasteiger partial charge in [0, 0.05) is 16.7 Å². The number of thioether (sulfide) groups is 1. The summed E-state index contributed by atoms with van der Waals surface area (Å²) in [4.78, 5) is 0.935. The molecule has 2 rings (SSSR count). The Morgan fingerprint density at radius 3 is 2.60 bits per heavy atom. The van der Waals surface area contributed by atoms with Crippen molar-refractivity contribution >= 4 is 23.4 Å². The van der Waals surface area contributed by atoms with E-state index in [1.54, 1.807) is 6.07 Å². The predicted molar refractivity (Wildman–Crippen MR) is 80.2 cm³/mol. The minimum atomic E-state index is -0.839. The van der Waals surface area contributed by atoms with Gasteiger partial charge in [0.25, 0.3) is 0 Å². The third-order valence-corrected chi connectivity index (χ3v) is 4.51. The van der Waals surface area contributed by atoms with E-state index in [0.29, 0.717) is 22.8 Å². The van der Waals surface area contributed by atoms with Crippen molar-refractivity contribution < 1.29 is 8.78 Å². The lowest BCUT2D eigenvalue weighted by Crippen LogP contribution is -2.26. The molecule has 2 aromatic carbocycles. The second-order valence-corrected chi connectivity index (χ2v) is 5.89. The molecule has 1 nitrogen and oxygen atoms in total. The van der Waals surface area contributed by atoms with E-state index in [-0.39, 0.29) is 6.04 Å². The molecular weight excluding hydrogens is 300 g/mol. The molecule has 0 bridgehead atoms. The second-order valence-electron chi connectivity index (χ2n) is 4.42. The van der Waals surface area contributed by atoms with E-state index in [2.05, 4.69) is 0 Å². The lowest BCUT2D eigenvalue weighted by atomic mass is 10.1. The van der Waals surface area contributed by atoms with Gasteiger partial charge in [0.1, 0.15) is 0 Å². The average molecular weight is 314 g/mol. The first-order valence-electron chi connectivity index (χ1n) is 6.13. The number of halogens is 3. The lowest BCUT2D eigenvalue weighted by molar-refractivity contribution is 0.495. The molecule has 0 radical (unpaired) electrons. The van der Waals surface area contributed by atoms with E-state index in [1.807, 2.05) is 24.3 Å². The molecule has 0 aliphatic heterocycles. The van der Waals surface area contributed by atoms with Crippen LogP contribution in [0.15, 0.2) is 47.4 Å². The molecule has 2 N–H and O–H groups in total. The van der Waals surface area contributed by atoms with Gasteiger partial charge in [-0.25, -0.2) is 8.78 Å². The molecule has 0 aliphatic rings. The molecule has 0 spiro atoms. The molecule has 20 heavy (non-hydrogen) atoms. The van der Waals surface area contributed by atoms with Crippen LogP contribution in [0.5, 0.6) is 0 Å². The zero-order valence-electron chi connectivity index (χ0n) is 10.7. The summed E-state index contributed by atoms with van der Waals surface area (Å²) in [5.41, 5.74) is 6.27. The lowest BCUT2D eigenvalue weighted by Gasteiger charge is -2.12. The third-order valence-electron chi connectivity index (χ3n) is 2.80. The molecule has 0 saturated carbocycles. The topological polar surface area (TPSA) is 26.0 Å². The number of hydrogen-bond acceptors (Lipinski definition) is 2. The van der Waals surface area contributed by atoms with Crippen LogP contribution in [-0.4, -0.2) is 11.8 Å². The molecule has 0 amide bonds. The van der Waals surface area contributed by atoms with Crippen LogP contribution < -0.4 is 5.73 Å². The van der Waals surface area contributed by atoms with Crippen molar-refractivity contribution in [2.75, 3.05) is 5.75 Å². The molecule has 5 heteroatoms. The summed E-state index contributed by atoms with van der Waals surface area (Å²) in [6, 6.07) is 11.3. The van der Waals surface area contributed by atoms with Crippen LogP contribution in [0, 0.1) is 11.6 Å². The van der Waals surface area contributed by atoms with Gasteiger partial charge < -0.3 is 5.73 Å². The van der Waals surface area contributed by atoms with Crippen molar-refractivity contribution in [2.24, 2.45) is 5.73 Å². The largest absolute Gasteiger partial charge is 0.327 e. The normalized spacial score (nSPS) is 12.4. The summed E-state index contributed by atoms with van der Waals surface area (Å²) in [6.07, 6.45) is 0.293. The van der Waals surface area contributed by atoms with Gasteiger partial charge in [-0.1, -0.05) is 35.9 Å². The summed E-state index contributed by atoms with van der Waals surface area (Å²) in [5.74, 6) is -1.07. The smallest absolute Gasteiger partial charge is 0.162 e. The van der Waals surface area contributed by atoms with Crippen molar-refractivity contribution in [1.82, 2.24) is 0 Å². The number of rotatable bonds is 5. The zero-order chi connectivity index (χ0) is 14.5. The Hall–Kier alpha value is -1.10. The predicted octanol–water partition coefficient (Wildman–Crippen LogP) is 4.28. The van der Waals surface area contributed by atoms with Crippen LogP contribution in [0.1, 0.15) is 5.56 Å². The zero-order valence-corrected chi connectivity index (χ0v) is 12.2. The summed E-state index contributed by atoms with van der Waals surface area (Å²) in [6.45, 7) is 0. The Morgan fingerprint density at radius 2 is 1.85 bits per heavy atom. The highest BCUT2D eigenvalue weighted by molar-refractivity contribution is 7.99. The molecule has 0 aliphatic carbocycles. The Morgan fingerprint density at radius 1 is 1.10 bits per heavy atom. The molecule has 0 heterocycles. The van der Waals surface area contributed by atoms with Crippen LogP contribution in [0.3, 0.4) is 0 Å². The maximum absolute atomic E-state index is 13.5. The first-order chi connectivity index (χ1) is 9.58. The number of hydrogen-bond donors (Lipinski definition) is 1. The SMILES string of the molecule is NC(CSc1ccccc1Cl)Cc1cccc(F)c1F. The fraction of sp³-hybridized carbons (Fsp3) is 0.200.